The van der Waals surface area contributed by atoms with Crippen LogP contribution in [0.1, 0.15) is 12.5 Å². The first-order chi connectivity index (χ1) is 9.10. The van der Waals surface area contributed by atoms with Gasteiger partial charge in [0, 0.05) is 12.6 Å². The fourth-order valence-electron chi connectivity index (χ4n) is 1.92. The Bertz CT molecular complexity index is 617. The number of hydrogen-bond acceptors (Lipinski definition) is 3. The predicted molar refractivity (Wildman–Crippen MR) is 74.0 cm³/mol. The minimum Gasteiger partial charge on any atom is -0.373 e. The van der Waals surface area contributed by atoms with E-state index in [1.54, 1.807) is 7.05 Å². The van der Waals surface area contributed by atoms with Crippen molar-refractivity contribution >= 4 is 21.7 Å². The highest BCUT2D eigenvalue weighted by molar-refractivity contribution is 9.10. The summed E-state index contributed by atoms with van der Waals surface area (Å²) in [6, 6.07) is 2.54. The highest BCUT2D eigenvalue weighted by atomic mass is 79.9. The Balaban J connectivity index is 2.76. The largest absolute Gasteiger partial charge is 0.373 e. The molecule has 0 aliphatic rings. The molecule has 0 saturated heterocycles. The Morgan fingerprint density at radius 1 is 1.26 bits per heavy atom. The molecule has 1 N–H and O–H groups in total. The Morgan fingerprint density at radius 3 is 2.63 bits per heavy atom. The van der Waals surface area contributed by atoms with Crippen LogP contribution in [0.15, 0.2) is 22.9 Å². The van der Waals surface area contributed by atoms with E-state index in [0.29, 0.717) is 17.8 Å². The van der Waals surface area contributed by atoms with Crippen LogP contribution in [0.2, 0.25) is 0 Å². The van der Waals surface area contributed by atoms with Gasteiger partial charge in [0.05, 0.1) is 15.7 Å². The molecule has 1 aromatic carbocycles. The van der Waals surface area contributed by atoms with E-state index in [1.165, 1.54) is 18.5 Å². The van der Waals surface area contributed by atoms with Crippen molar-refractivity contribution in [2.75, 3.05) is 12.4 Å². The van der Waals surface area contributed by atoms with Gasteiger partial charge in [-0.05, 0) is 34.5 Å². The number of anilines is 1. The Morgan fingerprint density at radius 2 is 2.00 bits per heavy atom. The van der Waals surface area contributed by atoms with Gasteiger partial charge in [-0.25, -0.2) is 18.7 Å². The van der Waals surface area contributed by atoms with Crippen molar-refractivity contribution in [2.45, 2.75) is 13.3 Å². The lowest BCUT2D eigenvalue weighted by molar-refractivity contribution is 0.584. The second-order valence-corrected chi connectivity index (χ2v) is 4.73. The second kappa shape index (κ2) is 5.61. The van der Waals surface area contributed by atoms with E-state index in [0.717, 1.165) is 0 Å². The van der Waals surface area contributed by atoms with Crippen molar-refractivity contribution in [3.05, 3.63) is 40.1 Å². The SMILES string of the molecule is CCc1c(NC)ncnc1-c1c(F)ccc(Br)c1F. The third kappa shape index (κ3) is 2.45. The summed E-state index contributed by atoms with van der Waals surface area (Å²) in [5, 5.41) is 2.90. The molecule has 2 aromatic rings. The molecule has 19 heavy (non-hydrogen) atoms. The maximum Gasteiger partial charge on any atom is 0.149 e. The third-order valence-electron chi connectivity index (χ3n) is 2.82. The molecule has 0 aliphatic carbocycles. The lowest BCUT2D eigenvalue weighted by Crippen LogP contribution is -2.04. The summed E-state index contributed by atoms with van der Waals surface area (Å²) in [4.78, 5) is 8.10. The molecule has 6 heteroatoms. The van der Waals surface area contributed by atoms with Gasteiger partial charge in [-0.3, -0.25) is 0 Å². The molecule has 3 nitrogen and oxygen atoms in total. The van der Waals surface area contributed by atoms with Crippen molar-refractivity contribution in [1.82, 2.24) is 9.97 Å². The summed E-state index contributed by atoms with van der Waals surface area (Å²) in [5.41, 5.74) is 0.823. The van der Waals surface area contributed by atoms with Crippen molar-refractivity contribution < 1.29 is 8.78 Å². The first-order valence-electron chi connectivity index (χ1n) is 5.75. The minimum atomic E-state index is -0.657. The number of halogens is 3. The molecule has 2 rings (SSSR count). The van der Waals surface area contributed by atoms with Crippen molar-refractivity contribution in [2.24, 2.45) is 0 Å². The highest BCUT2D eigenvalue weighted by Gasteiger charge is 2.20. The summed E-state index contributed by atoms with van der Waals surface area (Å²) in [7, 11) is 1.71. The van der Waals surface area contributed by atoms with E-state index in [2.05, 4.69) is 31.2 Å². The summed E-state index contributed by atoms with van der Waals surface area (Å²) in [5.74, 6) is -0.724. The molecule has 0 atom stereocenters. The fourth-order valence-corrected chi connectivity index (χ4v) is 2.25. The van der Waals surface area contributed by atoms with Gasteiger partial charge in [-0.15, -0.1) is 0 Å². The van der Waals surface area contributed by atoms with Gasteiger partial charge in [-0.2, -0.15) is 0 Å². The lowest BCUT2D eigenvalue weighted by Gasteiger charge is -2.13. The molecule has 1 aromatic heterocycles. The van der Waals surface area contributed by atoms with Crippen molar-refractivity contribution in [3.63, 3.8) is 0 Å². The molecule has 100 valence electrons. The molecule has 0 bridgehead atoms. The molecule has 0 amide bonds. The first-order valence-corrected chi connectivity index (χ1v) is 6.54. The zero-order chi connectivity index (χ0) is 14.0. The molecular weight excluding hydrogens is 316 g/mol. The van der Waals surface area contributed by atoms with Crippen LogP contribution < -0.4 is 5.32 Å². The number of aromatic nitrogens is 2. The number of nitrogens with one attached hydrogen (secondary N) is 1. The van der Waals surface area contributed by atoms with Gasteiger partial charge in [0.1, 0.15) is 23.8 Å². The van der Waals surface area contributed by atoms with E-state index in [4.69, 9.17) is 0 Å². The van der Waals surface area contributed by atoms with Gasteiger partial charge in [0.2, 0.25) is 0 Å². The molecule has 0 radical (unpaired) electrons. The molecule has 1 heterocycles. The maximum atomic E-state index is 14.1. The second-order valence-electron chi connectivity index (χ2n) is 3.87. The first kappa shape index (κ1) is 13.9. The van der Waals surface area contributed by atoms with E-state index >= 15 is 0 Å². The number of nitrogens with zero attached hydrogens (tertiary/aromatic N) is 2. The summed E-state index contributed by atoms with van der Waals surface area (Å²) in [6.45, 7) is 1.89. The van der Waals surface area contributed by atoms with E-state index < -0.39 is 11.6 Å². The smallest absolute Gasteiger partial charge is 0.149 e. The summed E-state index contributed by atoms with van der Waals surface area (Å²) >= 11 is 3.06. The maximum absolute atomic E-state index is 14.1. The minimum absolute atomic E-state index is 0.134. The normalized spacial score (nSPS) is 10.6. The summed E-state index contributed by atoms with van der Waals surface area (Å²) in [6.07, 6.45) is 1.86. The number of rotatable bonds is 3. The van der Waals surface area contributed by atoms with Crippen LogP contribution in [0.4, 0.5) is 14.6 Å². The van der Waals surface area contributed by atoms with Gasteiger partial charge in [0.25, 0.3) is 0 Å². The van der Waals surface area contributed by atoms with Crippen molar-refractivity contribution in [3.8, 4) is 11.3 Å². The standard InChI is InChI=1S/C13H12BrF2N3/c1-3-7-12(18-6-19-13(7)17-2)10-9(15)5-4-8(14)11(10)16/h4-6H,3H2,1-2H3,(H,17,18,19). The van der Waals surface area contributed by atoms with E-state index in [-0.39, 0.29) is 15.7 Å². The van der Waals surface area contributed by atoms with Crippen molar-refractivity contribution in [1.29, 1.82) is 0 Å². The highest BCUT2D eigenvalue weighted by Crippen LogP contribution is 2.33. The zero-order valence-corrected chi connectivity index (χ0v) is 12.1. The lowest BCUT2D eigenvalue weighted by atomic mass is 10.0. The Hall–Kier alpha value is -1.56. The van der Waals surface area contributed by atoms with Crippen LogP contribution in [0, 0.1) is 11.6 Å². The zero-order valence-electron chi connectivity index (χ0n) is 10.5. The molecule has 0 aliphatic heterocycles. The van der Waals surface area contributed by atoms with Gasteiger partial charge in [0.15, 0.2) is 0 Å². The van der Waals surface area contributed by atoms with E-state index in [1.807, 2.05) is 6.92 Å². The number of benzene rings is 1. The average Bonchev–Trinajstić information content (AvgIpc) is 2.43. The van der Waals surface area contributed by atoms with Crippen LogP contribution >= 0.6 is 15.9 Å². The monoisotopic (exact) mass is 327 g/mol. The van der Waals surface area contributed by atoms with Gasteiger partial charge >= 0.3 is 0 Å². The quantitative estimate of drug-likeness (QED) is 0.871. The van der Waals surface area contributed by atoms with Crippen LogP contribution in [0.3, 0.4) is 0 Å². The average molecular weight is 328 g/mol. The molecule has 0 spiro atoms. The van der Waals surface area contributed by atoms with Crippen LogP contribution in [-0.4, -0.2) is 17.0 Å². The topological polar surface area (TPSA) is 37.8 Å². The predicted octanol–water partition coefficient (Wildman–Crippen LogP) is 3.79. The van der Waals surface area contributed by atoms with E-state index in [9.17, 15) is 8.78 Å². The molecule has 0 unspecified atom stereocenters. The molecule has 0 saturated carbocycles. The molecular formula is C13H12BrF2N3. The Kier molecular flexibility index (Phi) is 4.09. The van der Waals surface area contributed by atoms with Gasteiger partial charge < -0.3 is 5.32 Å². The molecule has 0 fully saturated rings. The third-order valence-corrected chi connectivity index (χ3v) is 3.43. The van der Waals surface area contributed by atoms with Crippen LogP contribution in [0.25, 0.3) is 11.3 Å². The summed E-state index contributed by atoms with van der Waals surface area (Å²) < 4.78 is 28.3. The van der Waals surface area contributed by atoms with Crippen LogP contribution in [0.5, 0.6) is 0 Å². The fraction of sp³-hybridized carbons (Fsp3) is 0.231. The Labute approximate surface area is 118 Å². The van der Waals surface area contributed by atoms with Gasteiger partial charge in [-0.1, -0.05) is 6.92 Å². The van der Waals surface area contributed by atoms with Crippen LogP contribution in [-0.2, 0) is 6.42 Å². The number of hydrogen-bond donors (Lipinski definition) is 1.